The number of pyridine rings is 1. The van der Waals surface area contributed by atoms with E-state index in [0.717, 1.165) is 5.56 Å². The van der Waals surface area contributed by atoms with Gasteiger partial charge in [-0.25, -0.2) is 4.79 Å². The highest BCUT2D eigenvalue weighted by Crippen LogP contribution is 2.24. The summed E-state index contributed by atoms with van der Waals surface area (Å²) in [5.74, 6) is 0.491. The number of rotatable bonds is 12. The molecule has 0 spiro atoms. The quantitative estimate of drug-likeness (QED) is 0.348. The fraction of sp³-hybridized carbons (Fsp3) is 0.370. The Morgan fingerprint density at radius 2 is 1.92 bits per heavy atom. The molecule has 0 bridgehead atoms. The Kier molecular flexibility index (Phi) is 9.33. The molecule has 2 atom stereocenters. The van der Waals surface area contributed by atoms with Crippen LogP contribution in [0.5, 0.6) is 0 Å². The topological polar surface area (TPSA) is 138 Å². The Labute approximate surface area is 228 Å². The Morgan fingerprint density at radius 1 is 1.15 bits per heavy atom. The monoisotopic (exact) mass is 555 g/mol. The van der Waals surface area contributed by atoms with Crippen LogP contribution in [0.4, 0.5) is 4.79 Å². The number of aromatic nitrogens is 2. The minimum atomic E-state index is -4.02. The van der Waals surface area contributed by atoms with Gasteiger partial charge in [-0.2, -0.15) is 12.7 Å². The number of aliphatic hydroxyl groups excluding tert-OH is 1. The predicted octanol–water partition coefficient (Wildman–Crippen LogP) is 2.96. The summed E-state index contributed by atoms with van der Waals surface area (Å²) in [5.41, 5.74) is 2.23. The van der Waals surface area contributed by atoms with Crippen molar-refractivity contribution in [2.24, 2.45) is 5.92 Å². The van der Waals surface area contributed by atoms with Crippen LogP contribution in [0.1, 0.15) is 36.3 Å². The van der Waals surface area contributed by atoms with Gasteiger partial charge in [0.25, 0.3) is 0 Å². The zero-order valence-electron chi connectivity index (χ0n) is 21.9. The number of carbonyl (C=O) groups excluding carboxylic acids is 1. The molecule has 39 heavy (non-hydrogen) atoms. The molecule has 2 aromatic heterocycles. The number of benzene rings is 1. The minimum Gasteiger partial charge on any atom is -0.445 e. The second-order valence-electron chi connectivity index (χ2n) is 9.74. The summed E-state index contributed by atoms with van der Waals surface area (Å²) >= 11 is 0. The Bertz CT molecular complexity index is 1350. The van der Waals surface area contributed by atoms with E-state index < -0.39 is 28.4 Å². The molecule has 208 valence electrons. The second-order valence-corrected chi connectivity index (χ2v) is 11.6. The Morgan fingerprint density at radius 3 is 2.64 bits per heavy atom. The predicted molar refractivity (Wildman–Crippen MR) is 144 cm³/mol. The van der Waals surface area contributed by atoms with E-state index in [2.05, 4.69) is 15.5 Å². The maximum Gasteiger partial charge on any atom is 0.407 e. The molecular formula is C27H33N5O6S. The molecule has 0 aliphatic carbocycles. The van der Waals surface area contributed by atoms with Crippen molar-refractivity contribution >= 4 is 22.4 Å². The third kappa shape index (κ3) is 7.65. The highest BCUT2D eigenvalue weighted by Gasteiger charge is 2.34. The van der Waals surface area contributed by atoms with Crippen LogP contribution in [0.25, 0.3) is 6.08 Å². The fourth-order valence-corrected chi connectivity index (χ4v) is 5.83. The first-order valence-corrected chi connectivity index (χ1v) is 14.0. The van der Waals surface area contributed by atoms with Crippen LogP contribution in [0, 0.1) is 5.92 Å². The summed E-state index contributed by atoms with van der Waals surface area (Å²) in [7, 11) is -4.02. The molecule has 0 fully saturated rings. The normalized spacial score (nSPS) is 14.7. The molecule has 4 rings (SSSR count). The SMILES string of the molecule is CC(C)CN(C[C@H](O)C(Cc1ccccc1)NC(=O)OCc1cccnc1)S(=O)(=O)N1C=Cc2oncc2C1. The Hall–Kier alpha value is -3.74. The van der Waals surface area contributed by atoms with E-state index in [9.17, 15) is 18.3 Å². The molecule has 0 saturated heterocycles. The summed E-state index contributed by atoms with van der Waals surface area (Å²) in [6.45, 7) is 3.80. The fourth-order valence-electron chi connectivity index (χ4n) is 4.19. The van der Waals surface area contributed by atoms with Crippen molar-refractivity contribution in [3.05, 3.63) is 89.7 Å². The van der Waals surface area contributed by atoms with Crippen molar-refractivity contribution in [2.45, 2.75) is 45.6 Å². The third-order valence-corrected chi connectivity index (χ3v) is 7.93. The van der Waals surface area contributed by atoms with Crippen LogP contribution < -0.4 is 5.32 Å². The summed E-state index contributed by atoms with van der Waals surface area (Å²) in [6.07, 6.45) is 5.99. The van der Waals surface area contributed by atoms with Crippen molar-refractivity contribution in [3.63, 3.8) is 0 Å². The standard InChI is InChI=1S/C27H33N5O6S/c1-20(2)16-32(39(35,36)31-12-10-26-23(17-31)15-29-38-26)18-25(33)24(13-21-7-4-3-5-8-21)30-27(34)37-19-22-9-6-11-28-14-22/h3-12,14-15,20,24-25,33H,13,16-19H2,1-2H3,(H,30,34)/t24?,25-/m0/s1. The van der Waals surface area contributed by atoms with E-state index in [4.69, 9.17) is 9.26 Å². The van der Waals surface area contributed by atoms with E-state index in [1.54, 1.807) is 30.6 Å². The number of ether oxygens (including phenoxy) is 1. The maximum atomic E-state index is 13.7. The Balaban J connectivity index is 1.50. The zero-order chi connectivity index (χ0) is 27.8. The number of fused-ring (bicyclic) bond motifs is 1. The largest absolute Gasteiger partial charge is 0.445 e. The van der Waals surface area contributed by atoms with Gasteiger partial charge in [-0.15, -0.1) is 0 Å². The molecule has 1 aromatic carbocycles. The molecule has 1 unspecified atom stereocenters. The zero-order valence-corrected chi connectivity index (χ0v) is 22.7. The molecule has 0 radical (unpaired) electrons. The van der Waals surface area contributed by atoms with E-state index >= 15 is 0 Å². The van der Waals surface area contributed by atoms with Crippen molar-refractivity contribution in [3.8, 4) is 0 Å². The highest BCUT2D eigenvalue weighted by atomic mass is 32.2. The number of alkyl carbamates (subject to hydrolysis) is 1. The van der Waals surface area contributed by atoms with Crippen LogP contribution >= 0.6 is 0 Å². The van der Waals surface area contributed by atoms with Crippen molar-refractivity contribution in [1.82, 2.24) is 24.1 Å². The molecule has 1 amide bonds. The van der Waals surface area contributed by atoms with Gasteiger partial charge >= 0.3 is 16.3 Å². The average Bonchev–Trinajstić information content (AvgIpc) is 3.40. The van der Waals surface area contributed by atoms with Crippen LogP contribution in [-0.4, -0.2) is 63.6 Å². The van der Waals surface area contributed by atoms with Gasteiger partial charge in [-0.1, -0.05) is 55.4 Å². The summed E-state index contributed by atoms with van der Waals surface area (Å²) in [6, 6.07) is 12.0. The van der Waals surface area contributed by atoms with Crippen molar-refractivity contribution in [2.75, 3.05) is 13.1 Å². The molecule has 1 aliphatic heterocycles. The van der Waals surface area contributed by atoms with Gasteiger partial charge in [0, 0.05) is 48.9 Å². The first-order valence-electron chi connectivity index (χ1n) is 12.6. The first-order chi connectivity index (χ1) is 18.7. The first kappa shape index (κ1) is 28.3. The average molecular weight is 556 g/mol. The molecule has 1 aliphatic rings. The smallest absolute Gasteiger partial charge is 0.407 e. The maximum absolute atomic E-state index is 13.7. The van der Waals surface area contributed by atoms with Crippen LogP contribution in [0.2, 0.25) is 0 Å². The number of nitrogens with zero attached hydrogens (tertiary/aromatic N) is 4. The number of hydrogen-bond acceptors (Lipinski definition) is 8. The number of amides is 1. The van der Waals surface area contributed by atoms with Gasteiger partial charge in [-0.3, -0.25) is 9.29 Å². The van der Waals surface area contributed by atoms with Gasteiger partial charge in [0.05, 0.1) is 24.9 Å². The lowest BCUT2D eigenvalue weighted by Crippen LogP contribution is -2.53. The minimum absolute atomic E-state index is 0.00777. The van der Waals surface area contributed by atoms with Crippen LogP contribution in [0.3, 0.4) is 0 Å². The van der Waals surface area contributed by atoms with Crippen molar-refractivity contribution in [1.29, 1.82) is 0 Å². The lowest BCUT2D eigenvalue weighted by atomic mass is 10.0. The number of hydrogen-bond donors (Lipinski definition) is 2. The van der Waals surface area contributed by atoms with E-state index in [0.29, 0.717) is 16.9 Å². The van der Waals surface area contributed by atoms with Gasteiger partial charge in [-0.05, 0) is 24.0 Å². The summed E-state index contributed by atoms with van der Waals surface area (Å²) in [4.78, 5) is 16.7. The molecule has 3 aromatic rings. The summed E-state index contributed by atoms with van der Waals surface area (Å²) < 4.78 is 40.2. The molecule has 12 heteroatoms. The van der Waals surface area contributed by atoms with Crippen LogP contribution in [-0.2, 0) is 34.5 Å². The van der Waals surface area contributed by atoms with E-state index in [1.807, 2.05) is 44.2 Å². The lowest BCUT2D eigenvalue weighted by Gasteiger charge is -2.34. The molecular weight excluding hydrogens is 522 g/mol. The van der Waals surface area contributed by atoms with Gasteiger partial charge in [0.15, 0.2) is 5.76 Å². The number of carbonyl (C=O) groups is 1. The summed E-state index contributed by atoms with van der Waals surface area (Å²) in [5, 5.41) is 17.8. The highest BCUT2D eigenvalue weighted by molar-refractivity contribution is 7.86. The second kappa shape index (κ2) is 12.9. The van der Waals surface area contributed by atoms with Crippen molar-refractivity contribution < 1.29 is 27.6 Å². The van der Waals surface area contributed by atoms with Gasteiger partial charge < -0.3 is 19.7 Å². The van der Waals surface area contributed by atoms with Crippen LogP contribution in [0.15, 0.2) is 71.8 Å². The van der Waals surface area contributed by atoms with Gasteiger partial charge in [0.1, 0.15) is 6.61 Å². The van der Waals surface area contributed by atoms with Gasteiger partial charge in [0.2, 0.25) is 0 Å². The molecule has 11 nitrogen and oxygen atoms in total. The van der Waals surface area contributed by atoms with E-state index in [1.165, 1.54) is 21.0 Å². The molecule has 2 N–H and O–H groups in total. The lowest BCUT2D eigenvalue weighted by molar-refractivity contribution is 0.0862. The third-order valence-electron chi connectivity index (χ3n) is 6.14. The number of nitrogens with one attached hydrogen (secondary N) is 1. The molecule has 0 saturated carbocycles. The van der Waals surface area contributed by atoms with E-state index in [-0.39, 0.29) is 38.6 Å². The number of aliphatic hydroxyl groups is 1. The molecule has 3 heterocycles.